The molecule has 0 aromatic carbocycles. The smallest absolute Gasteiger partial charge is 0.240 e. The summed E-state index contributed by atoms with van der Waals surface area (Å²) in [6.07, 6.45) is 0. The van der Waals surface area contributed by atoms with E-state index in [9.17, 15) is 19.4 Å². The van der Waals surface area contributed by atoms with Gasteiger partial charge in [0.25, 0.3) is 0 Å². The lowest BCUT2D eigenvalue weighted by molar-refractivity contribution is 0.163. The topological polar surface area (TPSA) is 9.23 Å². The molecule has 0 aliphatic heterocycles. The van der Waals surface area contributed by atoms with E-state index in [0.717, 1.165) is 6.92 Å². The summed E-state index contributed by atoms with van der Waals surface area (Å²) in [5.41, 5.74) is 0. The van der Waals surface area contributed by atoms with Crippen LogP contribution in [0.15, 0.2) is 0 Å². The fourth-order valence-corrected chi connectivity index (χ4v) is 0.668. The fourth-order valence-electron chi connectivity index (χ4n) is 0.223. The van der Waals surface area contributed by atoms with Gasteiger partial charge in [0.15, 0.2) is 0 Å². The van der Waals surface area contributed by atoms with Crippen LogP contribution in [0.3, 0.4) is 0 Å². The van der Waals surface area contributed by atoms with Crippen LogP contribution in [0.25, 0.3) is 0 Å². The first kappa shape index (κ1) is 8.96. The van der Waals surface area contributed by atoms with Crippen molar-refractivity contribution in [3.8, 4) is 0 Å². The highest BCUT2D eigenvalue weighted by atomic mass is 32.5. The molecule has 0 heterocycles. The molecule has 0 aromatic heterocycles. The summed E-state index contributed by atoms with van der Waals surface area (Å²) in [4.78, 5) is 0. The first-order chi connectivity index (χ1) is 3.54. The number of hydrogen-bond acceptors (Lipinski definition) is 1. The number of hydrogen-bond donors (Lipinski definition) is 0. The van der Waals surface area contributed by atoms with Gasteiger partial charge in [0.1, 0.15) is 0 Å². The highest BCUT2D eigenvalue weighted by Crippen LogP contribution is 2.98. The molecule has 0 atom stereocenters. The molecule has 0 saturated carbocycles. The Kier molecular flexibility index (Phi) is 1.33. The van der Waals surface area contributed by atoms with Crippen molar-refractivity contribution in [1.82, 2.24) is 0 Å². The van der Waals surface area contributed by atoms with Crippen LogP contribution < -0.4 is 0 Å². The molecule has 0 rings (SSSR count). The molecule has 0 aliphatic rings. The van der Waals surface area contributed by atoms with E-state index in [-0.39, 0.29) is 0 Å². The minimum Gasteiger partial charge on any atom is -0.240 e. The van der Waals surface area contributed by atoms with E-state index in [4.69, 9.17) is 0 Å². The molecule has 0 aromatic rings. The Morgan fingerprint density at radius 2 is 1.44 bits per heavy atom. The van der Waals surface area contributed by atoms with Crippen molar-refractivity contribution >= 4 is 10.5 Å². The maximum Gasteiger partial charge on any atom is 0.397 e. The monoisotopic (exact) mass is 172 g/mol. The quantitative estimate of drug-likeness (QED) is 0.581. The average molecular weight is 172 g/mol. The van der Waals surface area contributed by atoms with Crippen LogP contribution in [0.1, 0.15) is 6.92 Å². The van der Waals surface area contributed by atoms with E-state index in [2.05, 4.69) is 4.18 Å². The number of rotatable bonds is 2. The average Bonchev–Trinajstić information content (AvgIpc) is 1.22. The lowest BCUT2D eigenvalue weighted by Crippen LogP contribution is -2.09. The largest absolute Gasteiger partial charge is 0.397 e. The van der Waals surface area contributed by atoms with Crippen molar-refractivity contribution in [1.29, 1.82) is 0 Å². The van der Waals surface area contributed by atoms with Gasteiger partial charge in [0.2, 0.25) is 0 Å². The van der Waals surface area contributed by atoms with Gasteiger partial charge in [0.05, 0.1) is 6.61 Å². The van der Waals surface area contributed by atoms with E-state index >= 15 is 0 Å². The molecule has 0 aliphatic carbocycles. The van der Waals surface area contributed by atoms with E-state index < -0.39 is 17.1 Å². The SMILES string of the molecule is CCOS(F)(F)(F)(F)F. The fraction of sp³-hybridized carbons (Fsp3) is 1.00. The Labute approximate surface area is 48.7 Å². The maximum absolute atomic E-state index is 11.0. The Morgan fingerprint density at radius 1 is 1.11 bits per heavy atom. The summed E-state index contributed by atoms with van der Waals surface area (Å²) in [6, 6.07) is 0. The van der Waals surface area contributed by atoms with Crippen molar-refractivity contribution in [2.75, 3.05) is 6.61 Å². The summed E-state index contributed by atoms with van der Waals surface area (Å²) in [7, 11) is -9.53. The van der Waals surface area contributed by atoms with Crippen LogP contribution in [0.2, 0.25) is 0 Å². The molecule has 0 saturated heterocycles. The first-order valence-corrected chi connectivity index (χ1v) is 3.81. The molecule has 60 valence electrons. The third-order valence-electron chi connectivity index (χ3n) is 0.341. The van der Waals surface area contributed by atoms with Crippen molar-refractivity contribution in [3.63, 3.8) is 0 Å². The standard InChI is InChI=1S/C2H5F5OS/c1-2-8-9(3,4,5,6)7/h2H2,1H3. The second-order valence-electron chi connectivity index (χ2n) is 1.30. The molecule has 0 amide bonds. The second kappa shape index (κ2) is 1.34. The highest BCUT2D eigenvalue weighted by Gasteiger charge is 2.65. The third-order valence-corrected chi connectivity index (χ3v) is 1.02. The van der Waals surface area contributed by atoms with Crippen LogP contribution >= 0.6 is 10.5 Å². The normalized spacial score (nSPS) is 20.7. The summed E-state index contributed by atoms with van der Waals surface area (Å²) in [5.74, 6) is 0. The van der Waals surface area contributed by atoms with Crippen LogP contribution in [0, 0.1) is 0 Å². The molecule has 1 nitrogen and oxygen atoms in total. The van der Waals surface area contributed by atoms with Crippen LogP contribution in [0.5, 0.6) is 0 Å². The Morgan fingerprint density at radius 3 is 1.44 bits per heavy atom. The molecule has 0 unspecified atom stereocenters. The van der Waals surface area contributed by atoms with E-state index in [0.29, 0.717) is 0 Å². The van der Waals surface area contributed by atoms with Gasteiger partial charge in [-0.1, -0.05) is 19.4 Å². The third kappa shape index (κ3) is 7.96. The number of halogens is 5. The molecule has 0 spiro atoms. The van der Waals surface area contributed by atoms with Gasteiger partial charge in [-0.25, -0.2) is 4.18 Å². The predicted molar refractivity (Wildman–Crippen MR) is 24.8 cm³/mol. The molecule has 0 radical (unpaired) electrons. The minimum absolute atomic E-state index is 0.845. The Hall–Kier alpha value is -0.0400. The molecular weight excluding hydrogens is 167 g/mol. The molecule has 9 heavy (non-hydrogen) atoms. The second-order valence-corrected chi connectivity index (χ2v) is 3.34. The van der Waals surface area contributed by atoms with Gasteiger partial charge < -0.3 is 0 Å². The van der Waals surface area contributed by atoms with Crippen LogP contribution in [-0.2, 0) is 4.18 Å². The molecule has 0 N–H and O–H groups in total. The Balaban J connectivity index is 4.34. The van der Waals surface area contributed by atoms with E-state index in [1.807, 2.05) is 0 Å². The molecule has 7 heteroatoms. The Bertz CT molecular complexity index is 109. The summed E-state index contributed by atoms with van der Waals surface area (Å²) in [6.45, 7) is -0.212. The van der Waals surface area contributed by atoms with E-state index in [1.165, 1.54) is 0 Å². The molecule has 0 fully saturated rings. The lowest BCUT2D eigenvalue weighted by atomic mass is 10.9. The van der Waals surface area contributed by atoms with Gasteiger partial charge >= 0.3 is 10.5 Å². The highest BCUT2D eigenvalue weighted by molar-refractivity contribution is 8.42. The summed E-state index contributed by atoms with van der Waals surface area (Å²) < 4.78 is 57.4. The van der Waals surface area contributed by atoms with Gasteiger partial charge in [-0.05, 0) is 6.92 Å². The van der Waals surface area contributed by atoms with Gasteiger partial charge in [-0.3, -0.25) is 0 Å². The maximum atomic E-state index is 11.0. The van der Waals surface area contributed by atoms with Crippen molar-refractivity contribution in [3.05, 3.63) is 0 Å². The van der Waals surface area contributed by atoms with Crippen LogP contribution in [-0.4, -0.2) is 6.61 Å². The van der Waals surface area contributed by atoms with Gasteiger partial charge in [0, 0.05) is 0 Å². The molecular formula is C2H5F5OS. The van der Waals surface area contributed by atoms with Gasteiger partial charge in [-0.15, -0.1) is 0 Å². The van der Waals surface area contributed by atoms with E-state index in [1.54, 1.807) is 0 Å². The lowest BCUT2D eigenvalue weighted by Gasteiger charge is -2.38. The zero-order valence-corrected chi connectivity index (χ0v) is 5.23. The minimum atomic E-state index is -9.53. The summed E-state index contributed by atoms with van der Waals surface area (Å²) >= 11 is 0. The zero-order valence-electron chi connectivity index (χ0n) is 4.41. The van der Waals surface area contributed by atoms with Crippen molar-refractivity contribution < 1.29 is 23.6 Å². The molecule has 0 bridgehead atoms. The predicted octanol–water partition coefficient (Wildman–Crippen LogP) is 3.24. The van der Waals surface area contributed by atoms with Crippen molar-refractivity contribution in [2.24, 2.45) is 0 Å². The first-order valence-electron chi connectivity index (χ1n) is 1.93. The van der Waals surface area contributed by atoms with Gasteiger partial charge in [-0.2, -0.15) is 0 Å². The summed E-state index contributed by atoms with van der Waals surface area (Å²) in [5, 5.41) is 0. The van der Waals surface area contributed by atoms with Crippen LogP contribution in [0.4, 0.5) is 19.4 Å². The van der Waals surface area contributed by atoms with Crippen molar-refractivity contribution in [2.45, 2.75) is 6.92 Å². The zero-order chi connectivity index (χ0) is 7.82.